The number of ether oxygens (including phenoxy) is 1. The quantitative estimate of drug-likeness (QED) is 0.455. The number of benzene rings is 3. The summed E-state index contributed by atoms with van der Waals surface area (Å²) in [6, 6.07) is 20.3. The molecule has 0 radical (unpaired) electrons. The molecule has 5 nitrogen and oxygen atoms in total. The molecule has 0 amide bonds. The number of carboxylic acid groups (broad SMARTS) is 1. The second-order valence-corrected chi connectivity index (χ2v) is 7.88. The molecule has 0 fully saturated rings. The van der Waals surface area contributed by atoms with Gasteiger partial charge in [0, 0.05) is 36.3 Å². The van der Waals surface area contributed by atoms with Crippen molar-refractivity contribution < 1.29 is 14.6 Å². The number of aryl methyl sites for hydroxylation is 2. The topological polar surface area (TPSA) is 77.5 Å². The average Bonchev–Trinajstić information content (AvgIpc) is 3.14. The van der Waals surface area contributed by atoms with Crippen molar-refractivity contribution in [2.24, 2.45) is 12.8 Å². The highest BCUT2D eigenvalue weighted by Gasteiger charge is 2.12. The van der Waals surface area contributed by atoms with Gasteiger partial charge in [0.15, 0.2) is 0 Å². The molecule has 0 saturated carbocycles. The molecule has 1 heterocycles. The van der Waals surface area contributed by atoms with E-state index in [0.717, 1.165) is 33.3 Å². The maximum atomic E-state index is 11.2. The van der Waals surface area contributed by atoms with Crippen molar-refractivity contribution in [3.63, 3.8) is 0 Å². The van der Waals surface area contributed by atoms with Gasteiger partial charge in [-0.1, -0.05) is 30.3 Å². The molecule has 3 aromatic carbocycles. The summed E-state index contributed by atoms with van der Waals surface area (Å²) in [6.07, 6.45) is 1.99. The summed E-state index contributed by atoms with van der Waals surface area (Å²) >= 11 is 0. The first-order valence-electron chi connectivity index (χ1n) is 10.3. The van der Waals surface area contributed by atoms with E-state index in [1.54, 1.807) is 0 Å². The summed E-state index contributed by atoms with van der Waals surface area (Å²) < 4.78 is 8.21. The van der Waals surface area contributed by atoms with E-state index in [9.17, 15) is 9.90 Å². The first-order valence-corrected chi connectivity index (χ1v) is 10.3. The highest BCUT2D eigenvalue weighted by atomic mass is 16.5. The van der Waals surface area contributed by atoms with Gasteiger partial charge in [-0.25, -0.2) is 0 Å². The van der Waals surface area contributed by atoms with Crippen molar-refractivity contribution in [3.05, 3.63) is 89.1 Å². The van der Waals surface area contributed by atoms with Crippen LogP contribution in [0.4, 0.5) is 0 Å². The van der Waals surface area contributed by atoms with Gasteiger partial charge in [-0.3, -0.25) is 4.79 Å². The Morgan fingerprint density at radius 1 is 1.06 bits per heavy atom. The molecule has 5 heteroatoms. The summed E-state index contributed by atoms with van der Waals surface area (Å²) in [7, 11) is 2.03. The lowest BCUT2D eigenvalue weighted by Crippen LogP contribution is -2.05. The third-order valence-electron chi connectivity index (χ3n) is 5.50. The Hall–Kier alpha value is -3.57. The second-order valence-electron chi connectivity index (χ2n) is 7.88. The number of nitrogens with two attached hydrogens (primary N) is 1. The minimum Gasteiger partial charge on any atom is -0.489 e. The summed E-state index contributed by atoms with van der Waals surface area (Å²) in [5.74, 6) is -0.262. The van der Waals surface area contributed by atoms with E-state index in [2.05, 4.69) is 41.1 Å². The van der Waals surface area contributed by atoms with Crippen LogP contribution in [0.1, 0.15) is 22.3 Å². The van der Waals surface area contributed by atoms with Crippen LogP contribution in [0.15, 0.2) is 66.9 Å². The number of rotatable bonds is 7. The van der Waals surface area contributed by atoms with Gasteiger partial charge in [-0.15, -0.1) is 0 Å². The second kappa shape index (κ2) is 8.66. The van der Waals surface area contributed by atoms with E-state index in [1.165, 1.54) is 5.39 Å². The Balaban J connectivity index is 1.72. The zero-order valence-corrected chi connectivity index (χ0v) is 17.8. The van der Waals surface area contributed by atoms with Gasteiger partial charge in [-0.2, -0.15) is 0 Å². The summed E-state index contributed by atoms with van der Waals surface area (Å²) in [4.78, 5) is 11.2. The lowest BCUT2D eigenvalue weighted by molar-refractivity contribution is -0.136. The highest BCUT2D eigenvalue weighted by molar-refractivity contribution is 5.96. The third kappa shape index (κ3) is 4.47. The molecule has 0 unspecified atom stereocenters. The van der Waals surface area contributed by atoms with Crippen molar-refractivity contribution >= 4 is 16.9 Å². The SMILES string of the molecule is Cc1ccc(CC(=O)O)c(OCc2cc(-c3cccc(CN)c3)c3ccn(C)c3c2)c1. The molecule has 0 bridgehead atoms. The lowest BCUT2D eigenvalue weighted by Gasteiger charge is -2.14. The molecular formula is C26H26N2O3. The predicted octanol–water partition coefficient (Wildman–Crippen LogP) is 4.82. The Morgan fingerprint density at radius 2 is 1.90 bits per heavy atom. The maximum Gasteiger partial charge on any atom is 0.307 e. The van der Waals surface area contributed by atoms with Gasteiger partial charge in [0.05, 0.1) is 6.42 Å². The van der Waals surface area contributed by atoms with Crippen molar-refractivity contribution in [1.29, 1.82) is 0 Å². The largest absolute Gasteiger partial charge is 0.489 e. The Morgan fingerprint density at radius 3 is 2.68 bits per heavy atom. The Labute approximate surface area is 181 Å². The lowest BCUT2D eigenvalue weighted by atomic mass is 9.97. The first-order chi connectivity index (χ1) is 14.9. The van der Waals surface area contributed by atoms with Crippen LogP contribution >= 0.6 is 0 Å². The van der Waals surface area contributed by atoms with E-state index in [-0.39, 0.29) is 6.42 Å². The highest BCUT2D eigenvalue weighted by Crippen LogP contribution is 2.32. The molecule has 158 valence electrons. The minimum atomic E-state index is -0.874. The molecule has 0 aliphatic carbocycles. The van der Waals surface area contributed by atoms with E-state index in [0.29, 0.717) is 24.5 Å². The molecule has 31 heavy (non-hydrogen) atoms. The van der Waals surface area contributed by atoms with Crippen LogP contribution in [0.5, 0.6) is 5.75 Å². The van der Waals surface area contributed by atoms with Crippen LogP contribution in [0.25, 0.3) is 22.0 Å². The number of fused-ring (bicyclic) bond motifs is 1. The van der Waals surface area contributed by atoms with Crippen LogP contribution in [-0.4, -0.2) is 15.6 Å². The van der Waals surface area contributed by atoms with Gasteiger partial charge < -0.3 is 20.1 Å². The molecule has 4 aromatic rings. The van der Waals surface area contributed by atoms with Crippen LogP contribution in [-0.2, 0) is 31.4 Å². The monoisotopic (exact) mass is 414 g/mol. The van der Waals surface area contributed by atoms with Gasteiger partial charge in [0.25, 0.3) is 0 Å². The van der Waals surface area contributed by atoms with E-state index < -0.39 is 5.97 Å². The molecule has 4 rings (SSSR count). The summed E-state index contributed by atoms with van der Waals surface area (Å²) in [5, 5.41) is 10.4. The van der Waals surface area contributed by atoms with Crippen LogP contribution in [0, 0.1) is 6.92 Å². The van der Waals surface area contributed by atoms with E-state index >= 15 is 0 Å². The fraction of sp³-hybridized carbons (Fsp3) is 0.192. The number of aromatic nitrogens is 1. The molecule has 3 N–H and O–H groups in total. The molecule has 1 aromatic heterocycles. The number of carbonyl (C=O) groups is 1. The molecule has 0 spiro atoms. The van der Waals surface area contributed by atoms with Crippen molar-refractivity contribution in [2.45, 2.75) is 26.5 Å². The smallest absolute Gasteiger partial charge is 0.307 e. The summed E-state index contributed by atoms with van der Waals surface area (Å²) in [6.45, 7) is 2.81. The van der Waals surface area contributed by atoms with Crippen LogP contribution < -0.4 is 10.5 Å². The zero-order valence-electron chi connectivity index (χ0n) is 17.8. The van der Waals surface area contributed by atoms with Crippen LogP contribution in [0.3, 0.4) is 0 Å². The molecule has 0 atom stereocenters. The van der Waals surface area contributed by atoms with Gasteiger partial charge in [0.1, 0.15) is 12.4 Å². The number of hydrogen-bond acceptors (Lipinski definition) is 3. The predicted molar refractivity (Wildman–Crippen MR) is 123 cm³/mol. The number of aliphatic carboxylic acids is 1. The fourth-order valence-corrected chi connectivity index (χ4v) is 3.88. The normalized spacial score (nSPS) is 11.1. The van der Waals surface area contributed by atoms with Gasteiger partial charge in [-0.05, 0) is 65.1 Å². The standard InChI is InChI=1S/C26H26N2O3/c1-17-6-7-21(14-26(29)30)25(10-17)31-16-19-12-23(20-5-3-4-18(11-20)15-27)22-8-9-28(2)24(22)13-19/h3-13H,14-16,27H2,1-2H3,(H,29,30). The average molecular weight is 415 g/mol. The van der Waals surface area contributed by atoms with Gasteiger partial charge in [0.2, 0.25) is 0 Å². The molecular weight excluding hydrogens is 388 g/mol. The first kappa shape index (κ1) is 20.7. The van der Waals surface area contributed by atoms with Crippen molar-refractivity contribution in [1.82, 2.24) is 4.57 Å². The number of nitrogens with zero attached hydrogens (tertiary/aromatic N) is 1. The van der Waals surface area contributed by atoms with Crippen molar-refractivity contribution in [3.8, 4) is 16.9 Å². The molecule has 0 saturated heterocycles. The van der Waals surface area contributed by atoms with E-state index in [4.69, 9.17) is 10.5 Å². The van der Waals surface area contributed by atoms with Crippen LogP contribution in [0.2, 0.25) is 0 Å². The Kier molecular flexibility index (Phi) is 5.78. The number of hydrogen-bond donors (Lipinski definition) is 2. The summed E-state index contributed by atoms with van der Waals surface area (Å²) in [5.41, 5.74) is 13.0. The maximum absolute atomic E-state index is 11.2. The molecule has 0 aliphatic rings. The van der Waals surface area contributed by atoms with E-state index in [1.807, 2.05) is 44.3 Å². The number of carboxylic acids is 1. The third-order valence-corrected chi connectivity index (χ3v) is 5.50. The Bertz CT molecular complexity index is 1260. The molecule has 0 aliphatic heterocycles. The minimum absolute atomic E-state index is 0.0659. The van der Waals surface area contributed by atoms with Crippen molar-refractivity contribution in [2.75, 3.05) is 0 Å². The fourth-order valence-electron chi connectivity index (χ4n) is 3.88. The zero-order chi connectivity index (χ0) is 22.0. The van der Waals surface area contributed by atoms with Gasteiger partial charge >= 0.3 is 5.97 Å².